The van der Waals surface area contributed by atoms with Crippen LogP contribution in [0.25, 0.3) is 0 Å². The summed E-state index contributed by atoms with van der Waals surface area (Å²) in [5.74, 6) is -1.53. The predicted molar refractivity (Wildman–Crippen MR) is 224 cm³/mol. The normalized spacial score (nSPS) is 16.7. The summed E-state index contributed by atoms with van der Waals surface area (Å²) in [6, 6.07) is 6.44. The molecular weight excluding hydrogens is 764 g/mol. The summed E-state index contributed by atoms with van der Waals surface area (Å²) < 4.78 is 39.0. The van der Waals surface area contributed by atoms with Crippen LogP contribution < -0.4 is 4.74 Å². The third-order valence-corrected chi connectivity index (χ3v) is 8.71. The molecule has 1 heterocycles. The first-order valence-electron chi connectivity index (χ1n) is 20.9. The molecule has 0 unspecified atom stereocenters. The van der Waals surface area contributed by atoms with Crippen molar-refractivity contribution in [3.8, 4) is 5.75 Å². The SMILES string of the molecule is CCOCCOCCOCCOc1ccc(C[C@@H](C(=O)O)N2CCN(CC(=O)OC(C)(C)C)CCN(CC(=O)OC(C)(C)C)CCN(CC(=O)OC(C)(C)C)CC2)cc1. The first-order chi connectivity index (χ1) is 27.6. The number of benzene rings is 1. The minimum atomic E-state index is -0.989. The van der Waals surface area contributed by atoms with Crippen molar-refractivity contribution in [1.29, 1.82) is 0 Å². The molecule has 1 saturated heterocycles. The number of nitrogens with zero attached hydrogens (tertiary/aromatic N) is 4. The third-order valence-electron chi connectivity index (χ3n) is 8.71. The fourth-order valence-corrected chi connectivity index (χ4v) is 6.13. The lowest BCUT2D eigenvalue weighted by Crippen LogP contribution is -2.52. The van der Waals surface area contributed by atoms with Crippen LogP contribution in [0.1, 0.15) is 74.8 Å². The third kappa shape index (κ3) is 25.1. The van der Waals surface area contributed by atoms with E-state index in [2.05, 4.69) is 0 Å². The number of carboxylic acids is 1. The highest BCUT2D eigenvalue weighted by molar-refractivity contribution is 5.74. The second-order valence-corrected chi connectivity index (χ2v) is 17.6. The van der Waals surface area contributed by atoms with Gasteiger partial charge in [-0.3, -0.25) is 38.8 Å². The molecule has 338 valence electrons. The molecule has 0 spiro atoms. The van der Waals surface area contributed by atoms with Gasteiger partial charge in [0.25, 0.3) is 0 Å². The largest absolute Gasteiger partial charge is 0.491 e. The van der Waals surface area contributed by atoms with E-state index in [1.165, 1.54) is 0 Å². The Bertz CT molecular complexity index is 1340. The van der Waals surface area contributed by atoms with Gasteiger partial charge in [0, 0.05) is 59.0 Å². The van der Waals surface area contributed by atoms with Crippen molar-refractivity contribution in [3.63, 3.8) is 0 Å². The zero-order valence-electron chi connectivity index (χ0n) is 37.5. The summed E-state index contributed by atoms with van der Waals surface area (Å²) in [6.45, 7) is 24.6. The van der Waals surface area contributed by atoms with E-state index in [0.29, 0.717) is 104 Å². The van der Waals surface area contributed by atoms with Gasteiger partial charge in [-0.1, -0.05) is 12.1 Å². The van der Waals surface area contributed by atoms with Crippen LogP contribution in [0.15, 0.2) is 24.3 Å². The quantitative estimate of drug-likeness (QED) is 0.109. The van der Waals surface area contributed by atoms with Crippen LogP contribution >= 0.6 is 0 Å². The highest BCUT2D eigenvalue weighted by Gasteiger charge is 2.30. The van der Waals surface area contributed by atoms with Gasteiger partial charge in [-0.05, 0) is 93.4 Å². The molecule has 1 atom stereocenters. The molecule has 0 aromatic heterocycles. The number of rotatable bonds is 21. The van der Waals surface area contributed by atoms with Crippen molar-refractivity contribution in [3.05, 3.63) is 29.8 Å². The molecule has 1 aromatic rings. The number of aliphatic carboxylic acids is 1. The summed E-state index contributed by atoms with van der Waals surface area (Å²) in [5, 5.41) is 10.6. The van der Waals surface area contributed by atoms with Gasteiger partial charge in [0.05, 0.1) is 52.7 Å². The topological polar surface area (TPSA) is 166 Å². The van der Waals surface area contributed by atoms with Gasteiger partial charge in [-0.15, -0.1) is 0 Å². The number of carbonyl (C=O) groups excluding carboxylic acids is 3. The minimum Gasteiger partial charge on any atom is -0.491 e. The smallest absolute Gasteiger partial charge is 0.321 e. The summed E-state index contributed by atoms with van der Waals surface area (Å²) >= 11 is 0. The highest BCUT2D eigenvalue weighted by atomic mass is 16.6. The molecule has 0 bridgehead atoms. The van der Waals surface area contributed by atoms with Crippen LogP contribution in [-0.2, 0) is 54.0 Å². The lowest BCUT2D eigenvalue weighted by molar-refractivity contribution is -0.158. The molecule has 2 rings (SSSR count). The van der Waals surface area contributed by atoms with Gasteiger partial charge < -0.3 is 38.3 Å². The maximum atomic E-state index is 13.1. The maximum absolute atomic E-state index is 13.1. The number of ether oxygens (including phenoxy) is 7. The number of hydrogen-bond acceptors (Lipinski definition) is 15. The second kappa shape index (κ2) is 26.1. The number of esters is 3. The van der Waals surface area contributed by atoms with Crippen LogP contribution in [0.5, 0.6) is 5.75 Å². The molecular formula is C43H74N4O12. The van der Waals surface area contributed by atoms with Gasteiger partial charge in [-0.2, -0.15) is 0 Å². The Labute approximate surface area is 352 Å². The van der Waals surface area contributed by atoms with Crippen LogP contribution in [-0.4, -0.2) is 190 Å². The van der Waals surface area contributed by atoms with E-state index in [1.807, 2.05) is 113 Å². The molecule has 0 radical (unpaired) electrons. The first kappa shape index (κ1) is 51.8. The zero-order valence-corrected chi connectivity index (χ0v) is 37.5. The Morgan fingerprint density at radius 1 is 0.559 bits per heavy atom. The van der Waals surface area contributed by atoms with Crippen molar-refractivity contribution in [1.82, 2.24) is 19.6 Å². The molecule has 1 fully saturated rings. The molecule has 1 aliphatic rings. The average Bonchev–Trinajstić information content (AvgIpc) is 3.09. The Morgan fingerprint density at radius 3 is 1.27 bits per heavy atom. The van der Waals surface area contributed by atoms with E-state index in [-0.39, 0.29) is 32.0 Å². The monoisotopic (exact) mass is 839 g/mol. The standard InChI is InChI=1S/C43H74N4O12/c1-11-53-24-25-54-26-27-55-28-29-56-35-14-12-34(13-15-35)30-36(40(51)52)47-22-20-45(32-38(49)58-42(5,6)7)18-16-44(31-37(48)57-41(2,3)4)17-19-46(21-23-47)33-39(50)59-43(8,9)10/h12-15,36H,11,16-33H2,1-10H3,(H,51,52)/t36-/m0/s1. The Hall–Kier alpha value is -3.38. The first-order valence-corrected chi connectivity index (χ1v) is 20.9. The predicted octanol–water partition coefficient (Wildman–Crippen LogP) is 3.38. The number of hydrogen-bond donors (Lipinski definition) is 1. The van der Waals surface area contributed by atoms with Crippen molar-refractivity contribution in [2.75, 3.05) is 118 Å². The second-order valence-electron chi connectivity index (χ2n) is 17.6. The van der Waals surface area contributed by atoms with Gasteiger partial charge >= 0.3 is 23.9 Å². The fraction of sp³-hybridized carbons (Fsp3) is 0.767. The van der Waals surface area contributed by atoms with E-state index in [9.17, 15) is 24.3 Å². The average molecular weight is 839 g/mol. The lowest BCUT2D eigenvalue weighted by atomic mass is 10.0. The summed E-state index contributed by atoms with van der Waals surface area (Å²) in [6.07, 6.45) is 0.212. The fourth-order valence-electron chi connectivity index (χ4n) is 6.13. The van der Waals surface area contributed by atoms with Gasteiger partial charge in [0.15, 0.2) is 0 Å². The molecule has 1 aliphatic heterocycles. The van der Waals surface area contributed by atoms with Gasteiger partial charge in [0.2, 0.25) is 0 Å². The van der Waals surface area contributed by atoms with Crippen LogP contribution in [0, 0.1) is 0 Å². The molecule has 1 aromatic carbocycles. The van der Waals surface area contributed by atoms with Crippen molar-refractivity contribution >= 4 is 23.9 Å². The van der Waals surface area contributed by atoms with Crippen LogP contribution in [0.4, 0.5) is 0 Å². The van der Waals surface area contributed by atoms with Crippen molar-refractivity contribution in [2.45, 2.75) is 98.5 Å². The molecule has 0 amide bonds. The maximum Gasteiger partial charge on any atom is 0.321 e. The molecule has 16 heteroatoms. The number of carbonyl (C=O) groups is 4. The van der Waals surface area contributed by atoms with E-state index >= 15 is 0 Å². The highest BCUT2D eigenvalue weighted by Crippen LogP contribution is 2.17. The molecule has 1 N–H and O–H groups in total. The molecule has 16 nitrogen and oxygen atoms in total. The molecule has 0 saturated carbocycles. The van der Waals surface area contributed by atoms with E-state index in [1.54, 1.807) is 0 Å². The van der Waals surface area contributed by atoms with E-state index in [4.69, 9.17) is 33.2 Å². The summed E-state index contributed by atoms with van der Waals surface area (Å²) in [7, 11) is 0. The molecule has 59 heavy (non-hydrogen) atoms. The van der Waals surface area contributed by atoms with Crippen molar-refractivity contribution < 1.29 is 57.4 Å². The van der Waals surface area contributed by atoms with Crippen LogP contribution in [0.2, 0.25) is 0 Å². The van der Waals surface area contributed by atoms with Gasteiger partial charge in [-0.25, -0.2) is 0 Å². The Morgan fingerprint density at radius 2 is 0.915 bits per heavy atom. The van der Waals surface area contributed by atoms with Gasteiger partial charge in [0.1, 0.15) is 35.2 Å². The lowest BCUT2D eigenvalue weighted by Gasteiger charge is -2.36. The summed E-state index contributed by atoms with van der Waals surface area (Å²) in [5.41, 5.74) is -1.22. The Balaban J connectivity index is 2.26. The zero-order chi connectivity index (χ0) is 44.1. The van der Waals surface area contributed by atoms with E-state index < -0.39 is 40.8 Å². The van der Waals surface area contributed by atoms with Crippen LogP contribution in [0.3, 0.4) is 0 Å². The minimum absolute atomic E-state index is 0.0113. The number of carboxylic acid groups (broad SMARTS) is 1. The Kier molecular flexibility index (Phi) is 22.9. The van der Waals surface area contributed by atoms with Crippen molar-refractivity contribution in [2.24, 2.45) is 0 Å². The van der Waals surface area contributed by atoms with E-state index in [0.717, 1.165) is 5.56 Å². The molecule has 0 aliphatic carbocycles. The summed E-state index contributed by atoms with van der Waals surface area (Å²) in [4.78, 5) is 59.9.